The number of pyridine rings is 1. The van der Waals surface area contributed by atoms with Crippen molar-refractivity contribution < 1.29 is 36.3 Å². The predicted molar refractivity (Wildman–Crippen MR) is 128 cm³/mol. The number of carboxylic acid groups (broad SMARTS) is 1. The van der Waals surface area contributed by atoms with Crippen molar-refractivity contribution in [2.24, 2.45) is 5.92 Å². The van der Waals surface area contributed by atoms with Crippen molar-refractivity contribution in [2.45, 2.75) is 44.2 Å². The van der Waals surface area contributed by atoms with Crippen LogP contribution in [0.25, 0.3) is 0 Å². The van der Waals surface area contributed by atoms with E-state index in [1.807, 2.05) is 11.8 Å². The molecular weight excluding hydrogens is 501 g/mol. The lowest BCUT2D eigenvalue weighted by Gasteiger charge is -2.34. The smallest absolute Gasteiger partial charge is 0.475 e. The summed E-state index contributed by atoms with van der Waals surface area (Å²) in [5, 5.41) is 10.1. The highest BCUT2D eigenvalue weighted by Crippen LogP contribution is 2.30. The Kier molecular flexibility index (Phi) is 10.1. The van der Waals surface area contributed by atoms with Crippen molar-refractivity contribution in [3.8, 4) is 0 Å². The maximum absolute atomic E-state index is 12.9. The number of benzene rings is 1. The lowest BCUT2D eigenvalue weighted by molar-refractivity contribution is -0.192. The summed E-state index contributed by atoms with van der Waals surface area (Å²) in [6.45, 7) is 5.71. The minimum atomic E-state index is -5.08. The molecule has 9 nitrogen and oxygen atoms in total. The van der Waals surface area contributed by atoms with Gasteiger partial charge in [-0.2, -0.15) is 13.2 Å². The van der Waals surface area contributed by atoms with Crippen LogP contribution in [-0.2, 0) is 19.6 Å². The fourth-order valence-corrected chi connectivity index (χ4v) is 4.87. The number of carbonyl (C=O) groups excluding carboxylic acids is 1. The molecule has 1 aliphatic heterocycles. The second kappa shape index (κ2) is 12.6. The highest BCUT2D eigenvalue weighted by Gasteiger charge is 2.38. The largest absolute Gasteiger partial charge is 0.490 e. The number of aromatic nitrogens is 1. The molecule has 1 aliphatic rings. The monoisotopic (exact) mass is 530 g/mol. The number of nitrogens with one attached hydrogen (secondary N) is 2. The highest BCUT2D eigenvalue weighted by atomic mass is 32.2. The second-order valence-electron chi connectivity index (χ2n) is 8.12. The van der Waals surface area contributed by atoms with Gasteiger partial charge in [-0.1, -0.05) is 25.1 Å². The summed E-state index contributed by atoms with van der Waals surface area (Å²) in [7, 11) is -3.74. The predicted octanol–water partition coefficient (Wildman–Crippen LogP) is 3.57. The molecule has 198 valence electrons. The molecule has 1 aromatic carbocycles. The molecular formula is C23H29F3N4O5S. The lowest BCUT2D eigenvalue weighted by atomic mass is 9.97. The fourth-order valence-electron chi connectivity index (χ4n) is 3.56. The number of amides is 1. The van der Waals surface area contributed by atoms with Crippen LogP contribution in [0.1, 0.15) is 31.7 Å². The molecule has 0 spiro atoms. The molecule has 0 radical (unpaired) electrons. The number of halogens is 3. The lowest BCUT2D eigenvalue weighted by Crippen LogP contribution is -2.43. The van der Waals surface area contributed by atoms with Crippen LogP contribution in [0.3, 0.4) is 0 Å². The first-order valence-electron chi connectivity index (χ1n) is 11.2. The zero-order chi connectivity index (χ0) is 26.9. The van der Waals surface area contributed by atoms with Gasteiger partial charge in [0.25, 0.3) is 10.0 Å². The first-order valence-corrected chi connectivity index (χ1v) is 12.7. The Hall–Kier alpha value is -3.35. The van der Waals surface area contributed by atoms with E-state index in [0.29, 0.717) is 30.2 Å². The van der Waals surface area contributed by atoms with Crippen LogP contribution in [-0.4, -0.2) is 56.2 Å². The molecule has 0 saturated carbocycles. The van der Waals surface area contributed by atoms with E-state index < -0.39 is 22.2 Å². The van der Waals surface area contributed by atoms with Crippen LogP contribution < -0.4 is 14.9 Å². The maximum atomic E-state index is 12.9. The highest BCUT2D eigenvalue weighted by molar-refractivity contribution is 7.92. The summed E-state index contributed by atoms with van der Waals surface area (Å²) >= 11 is 0. The van der Waals surface area contributed by atoms with E-state index in [0.717, 1.165) is 25.8 Å². The Morgan fingerprint density at radius 1 is 1.19 bits per heavy atom. The fraction of sp³-hybridized carbons (Fsp3) is 0.435. The van der Waals surface area contributed by atoms with Gasteiger partial charge in [-0.05, 0) is 49.9 Å². The van der Waals surface area contributed by atoms with Crippen LogP contribution in [0.4, 0.5) is 24.7 Å². The topological polar surface area (TPSA) is 129 Å². The first-order chi connectivity index (χ1) is 16.9. The average molecular weight is 531 g/mol. The Morgan fingerprint density at radius 3 is 2.47 bits per heavy atom. The van der Waals surface area contributed by atoms with Crippen LogP contribution >= 0.6 is 0 Å². The minimum Gasteiger partial charge on any atom is -0.475 e. The van der Waals surface area contributed by atoms with Gasteiger partial charge < -0.3 is 15.3 Å². The molecule has 3 N–H and O–H groups in total. The first kappa shape index (κ1) is 28.9. The molecule has 0 aliphatic carbocycles. The molecule has 1 saturated heterocycles. The maximum Gasteiger partial charge on any atom is 0.490 e. The van der Waals surface area contributed by atoms with Crippen molar-refractivity contribution in [1.29, 1.82) is 0 Å². The molecule has 1 unspecified atom stereocenters. The van der Waals surface area contributed by atoms with Gasteiger partial charge in [-0.15, -0.1) is 0 Å². The average Bonchev–Trinajstić information content (AvgIpc) is 2.82. The molecule has 1 fully saturated rings. The van der Waals surface area contributed by atoms with Gasteiger partial charge in [0.1, 0.15) is 0 Å². The molecule has 13 heteroatoms. The van der Waals surface area contributed by atoms with Gasteiger partial charge in [-0.3, -0.25) is 9.52 Å². The number of carbonyl (C=O) groups is 2. The molecule has 1 atom stereocenters. The van der Waals surface area contributed by atoms with E-state index in [1.54, 1.807) is 49.5 Å². The van der Waals surface area contributed by atoms with Gasteiger partial charge in [0.2, 0.25) is 5.91 Å². The van der Waals surface area contributed by atoms with E-state index in [4.69, 9.17) is 9.90 Å². The van der Waals surface area contributed by atoms with Crippen molar-refractivity contribution in [1.82, 2.24) is 10.3 Å². The summed E-state index contributed by atoms with van der Waals surface area (Å²) < 4.78 is 60.3. The Morgan fingerprint density at radius 2 is 1.86 bits per heavy atom. The third kappa shape index (κ3) is 8.11. The summed E-state index contributed by atoms with van der Waals surface area (Å²) in [5.41, 5.74) is 1.10. The number of piperidine rings is 1. The molecule has 2 heterocycles. The van der Waals surface area contributed by atoms with Crippen LogP contribution in [0.2, 0.25) is 0 Å². The van der Waals surface area contributed by atoms with Gasteiger partial charge in [0.15, 0.2) is 5.82 Å². The van der Waals surface area contributed by atoms with Crippen molar-refractivity contribution in [2.75, 3.05) is 29.3 Å². The molecule has 1 aromatic heterocycles. The van der Waals surface area contributed by atoms with E-state index in [-0.39, 0.29) is 16.7 Å². The molecule has 2 aromatic rings. The SMILES string of the molecule is CCCNC(=O)C1CCCN(c2ncccc2NS(=O)(=O)c2ccccc2C)C1.O=C(O)C(F)(F)F. The van der Waals surface area contributed by atoms with Gasteiger partial charge in [-0.25, -0.2) is 18.2 Å². The number of carboxylic acids is 1. The third-order valence-corrected chi connectivity index (χ3v) is 6.82. The number of alkyl halides is 3. The van der Waals surface area contributed by atoms with Gasteiger partial charge in [0.05, 0.1) is 16.5 Å². The van der Waals surface area contributed by atoms with Crippen molar-refractivity contribution in [3.63, 3.8) is 0 Å². The van der Waals surface area contributed by atoms with Crippen LogP contribution in [0.15, 0.2) is 47.5 Å². The zero-order valence-electron chi connectivity index (χ0n) is 19.9. The summed E-state index contributed by atoms with van der Waals surface area (Å²) in [6.07, 6.45) is -0.872. The number of aliphatic carboxylic acids is 1. The van der Waals surface area contributed by atoms with Crippen LogP contribution in [0.5, 0.6) is 0 Å². The minimum absolute atomic E-state index is 0.0505. The van der Waals surface area contributed by atoms with Gasteiger partial charge >= 0.3 is 12.1 Å². The summed E-state index contributed by atoms with van der Waals surface area (Å²) in [4.78, 5) is 28.0. The number of hydrogen-bond acceptors (Lipinski definition) is 6. The third-order valence-electron chi connectivity index (χ3n) is 5.30. The van der Waals surface area contributed by atoms with Gasteiger partial charge in [0, 0.05) is 25.8 Å². The quantitative estimate of drug-likeness (QED) is 0.499. The molecule has 3 rings (SSSR count). The zero-order valence-corrected chi connectivity index (χ0v) is 20.7. The van der Waals surface area contributed by atoms with E-state index in [1.165, 1.54) is 0 Å². The molecule has 36 heavy (non-hydrogen) atoms. The normalized spacial score (nSPS) is 15.9. The number of hydrogen-bond donors (Lipinski definition) is 3. The van der Waals surface area contributed by atoms with Crippen molar-refractivity contribution in [3.05, 3.63) is 48.2 Å². The second-order valence-corrected chi connectivity index (χ2v) is 9.78. The number of nitrogens with zero attached hydrogens (tertiary/aromatic N) is 2. The van der Waals surface area contributed by atoms with E-state index >= 15 is 0 Å². The molecule has 0 bridgehead atoms. The Labute approximate surface area is 207 Å². The molecule has 1 amide bonds. The van der Waals surface area contributed by atoms with E-state index in [2.05, 4.69) is 15.0 Å². The number of aryl methyl sites for hydroxylation is 1. The van der Waals surface area contributed by atoms with E-state index in [9.17, 15) is 26.4 Å². The number of anilines is 2. The summed E-state index contributed by atoms with van der Waals surface area (Å²) in [6, 6.07) is 10.3. The van der Waals surface area contributed by atoms with Crippen molar-refractivity contribution >= 4 is 33.4 Å². The Bertz CT molecular complexity index is 1160. The number of sulfonamides is 1. The van der Waals surface area contributed by atoms with Crippen LogP contribution in [0, 0.1) is 12.8 Å². The standard InChI is InChI=1S/C21H28N4O3S.C2HF3O2/c1-3-12-23-21(26)17-9-7-14-25(15-17)20-18(10-6-13-22-20)24-29(27,28)19-11-5-4-8-16(19)2;3-2(4,5)1(6)7/h4-6,8,10-11,13,17,24H,3,7,9,12,14-15H2,1-2H3,(H,23,26);(H,6,7). The summed E-state index contributed by atoms with van der Waals surface area (Å²) in [5.74, 6) is -2.28. The Balaban J connectivity index is 0.000000572. The number of rotatable bonds is 7.